The number of aromatic nitrogens is 2. The molecule has 0 saturated heterocycles. The zero-order valence-corrected chi connectivity index (χ0v) is 12.7. The molecule has 3 nitrogen and oxygen atoms in total. The van der Waals surface area contributed by atoms with Crippen molar-refractivity contribution in [1.82, 2.24) is 15.3 Å². The second-order valence-corrected chi connectivity index (χ2v) is 5.30. The summed E-state index contributed by atoms with van der Waals surface area (Å²) in [6.45, 7) is 2.35. The van der Waals surface area contributed by atoms with Crippen LogP contribution in [0.15, 0.2) is 41.4 Å². The van der Waals surface area contributed by atoms with E-state index in [1.54, 1.807) is 18.5 Å². The number of hydrogen-bond acceptors (Lipinski definition) is 3. The molecule has 0 aliphatic heterocycles. The summed E-state index contributed by atoms with van der Waals surface area (Å²) in [6, 6.07) is 2.11. The van der Waals surface area contributed by atoms with Crippen molar-refractivity contribution in [2.24, 2.45) is 0 Å². The van der Waals surface area contributed by atoms with Gasteiger partial charge in [-0.15, -0.1) is 0 Å². The minimum Gasteiger partial charge on any atom is -0.306 e. The van der Waals surface area contributed by atoms with E-state index in [1.807, 2.05) is 6.92 Å². The van der Waals surface area contributed by atoms with Crippen LogP contribution < -0.4 is 5.32 Å². The number of nitrogens with one attached hydrogen (secondary N) is 1. The number of nitrogens with zero attached hydrogens (tertiary/aromatic N) is 2. The first-order valence-electron chi connectivity index (χ1n) is 6.28. The van der Waals surface area contributed by atoms with Crippen LogP contribution in [0.5, 0.6) is 0 Å². The summed E-state index contributed by atoms with van der Waals surface area (Å²) in [5.74, 6) is 0. The van der Waals surface area contributed by atoms with Crippen LogP contribution in [0.3, 0.4) is 0 Å². The SMILES string of the molecule is CCNC(c1cncc(Br)c1)c1cnccc1C(F)(F)F. The summed E-state index contributed by atoms with van der Waals surface area (Å²) in [5.41, 5.74) is 0.0416. The Hall–Kier alpha value is -1.47. The molecule has 112 valence electrons. The number of hydrogen-bond donors (Lipinski definition) is 1. The van der Waals surface area contributed by atoms with Crippen LogP contribution in [0.25, 0.3) is 0 Å². The lowest BCUT2D eigenvalue weighted by Gasteiger charge is -2.22. The topological polar surface area (TPSA) is 37.8 Å². The van der Waals surface area contributed by atoms with Crippen LogP contribution in [0.1, 0.15) is 29.7 Å². The fourth-order valence-electron chi connectivity index (χ4n) is 2.09. The maximum Gasteiger partial charge on any atom is 0.416 e. The van der Waals surface area contributed by atoms with E-state index in [1.165, 1.54) is 6.20 Å². The Morgan fingerprint density at radius 3 is 2.62 bits per heavy atom. The molecular formula is C14H13BrF3N3. The van der Waals surface area contributed by atoms with Crippen LogP contribution in [0, 0.1) is 0 Å². The van der Waals surface area contributed by atoms with Gasteiger partial charge in [-0.25, -0.2) is 0 Å². The molecule has 21 heavy (non-hydrogen) atoms. The smallest absolute Gasteiger partial charge is 0.306 e. The lowest BCUT2D eigenvalue weighted by atomic mass is 9.97. The van der Waals surface area contributed by atoms with E-state index in [4.69, 9.17) is 0 Å². The average molecular weight is 360 g/mol. The van der Waals surface area contributed by atoms with Crippen molar-refractivity contribution < 1.29 is 13.2 Å². The van der Waals surface area contributed by atoms with Crippen LogP contribution in [0.4, 0.5) is 13.2 Å². The molecule has 2 rings (SSSR count). The molecule has 1 atom stereocenters. The molecule has 0 spiro atoms. The van der Waals surface area contributed by atoms with E-state index in [-0.39, 0.29) is 5.56 Å². The van der Waals surface area contributed by atoms with Crippen LogP contribution in [0.2, 0.25) is 0 Å². The summed E-state index contributed by atoms with van der Waals surface area (Å²) in [6.07, 6.45) is 1.10. The minimum atomic E-state index is -4.43. The molecule has 0 aromatic carbocycles. The first-order chi connectivity index (χ1) is 9.93. The molecule has 1 unspecified atom stereocenters. The van der Waals surface area contributed by atoms with Gasteiger partial charge >= 0.3 is 6.18 Å². The predicted octanol–water partition coefficient (Wildman–Crippen LogP) is 3.96. The molecule has 2 aromatic rings. The Morgan fingerprint density at radius 2 is 2.00 bits per heavy atom. The van der Waals surface area contributed by atoms with E-state index < -0.39 is 17.8 Å². The molecule has 1 N–H and O–H groups in total. The minimum absolute atomic E-state index is 0.0896. The highest BCUT2D eigenvalue weighted by Crippen LogP contribution is 2.36. The molecule has 2 aromatic heterocycles. The van der Waals surface area contributed by atoms with Crippen molar-refractivity contribution in [2.45, 2.75) is 19.1 Å². The second kappa shape index (κ2) is 6.53. The third kappa shape index (κ3) is 3.79. The van der Waals surface area contributed by atoms with Gasteiger partial charge in [0.05, 0.1) is 11.6 Å². The lowest BCUT2D eigenvalue weighted by molar-refractivity contribution is -0.138. The molecule has 0 amide bonds. The van der Waals surface area contributed by atoms with Gasteiger partial charge in [-0.2, -0.15) is 13.2 Å². The molecule has 0 radical (unpaired) electrons. The molecule has 0 fully saturated rings. The van der Waals surface area contributed by atoms with Gasteiger partial charge in [-0.3, -0.25) is 9.97 Å². The third-order valence-electron chi connectivity index (χ3n) is 2.94. The van der Waals surface area contributed by atoms with Gasteiger partial charge in [0.2, 0.25) is 0 Å². The molecule has 7 heteroatoms. The highest BCUT2D eigenvalue weighted by atomic mass is 79.9. The number of alkyl halides is 3. The maximum atomic E-state index is 13.2. The third-order valence-corrected chi connectivity index (χ3v) is 3.37. The Morgan fingerprint density at radius 1 is 1.24 bits per heavy atom. The van der Waals surface area contributed by atoms with Gasteiger partial charge in [0.15, 0.2) is 0 Å². The fourth-order valence-corrected chi connectivity index (χ4v) is 2.48. The van der Waals surface area contributed by atoms with Gasteiger partial charge in [-0.1, -0.05) is 6.92 Å². The van der Waals surface area contributed by atoms with Gasteiger partial charge in [0.25, 0.3) is 0 Å². The summed E-state index contributed by atoms with van der Waals surface area (Å²) in [4.78, 5) is 7.85. The van der Waals surface area contributed by atoms with E-state index in [9.17, 15) is 13.2 Å². The van der Waals surface area contributed by atoms with E-state index in [0.717, 1.165) is 12.3 Å². The Balaban J connectivity index is 2.54. The number of halogens is 4. The van der Waals surface area contributed by atoms with Gasteiger partial charge < -0.3 is 5.32 Å². The molecule has 0 aliphatic carbocycles. The van der Waals surface area contributed by atoms with Gasteiger partial charge in [0, 0.05) is 34.8 Å². The fraction of sp³-hybridized carbons (Fsp3) is 0.286. The maximum absolute atomic E-state index is 13.2. The van der Waals surface area contributed by atoms with Gasteiger partial charge in [-0.05, 0) is 40.2 Å². The highest BCUT2D eigenvalue weighted by Gasteiger charge is 2.35. The Kier molecular flexibility index (Phi) is 4.95. The predicted molar refractivity (Wildman–Crippen MR) is 76.7 cm³/mol. The monoisotopic (exact) mass is 359 g/mol. The first kappa shape index (κ1) is 15.9. The Bertz CT molecular complexity index is 616. The molecular weight excluding hydrogens is 347 g/mol. The zero-order chi connectivity index (χ0) is 15.5. The summed E-state index contributed by atoms with van der Waals surface area (Å²) >= 11 is 3.28. The molecule has 2 heterocycles. The van der Waals surface area contributed by atoms with Crippen molar-refractivity contribution in [2.75, 3.05) is 6.54 Å². The average Bonchev–Trinajstić information content (AvgIpc) is 2.44. The van der Waals surface area contributed by atoms with Crippen LogP contribution in [-0.4, -0.2) is 16.5 Å². The van der Waals surface area contributed by atoms with Crippen molar-refractivity contribution >= 4 is 15.9 Å². The van der Waals surface area contributed by atoms with E-state index in [0.29, 0.717) is 16.6 Å². The molecule has 0 aliphatic rings. The van der Waals surface area contributed by atoms with Crippen LogP contribution in [-0.2, 0) is 6.18 Å². The van der Waals surface area contributed by atoms with Crippen molar-refractivity contribution in [3.05, 3.63) is 58.1 Å². The normalized spacial score (nSPS) is 13.2. The summed E-state index contributed by atoms with van der Waals surface area (Å²) in [5, 5.41) is 3.05. The summed E-state index contributed by atoms with van der Waals surface area (Å²) < 4.78 is 40.2. The van der Waals surface area contributed by atoms with E-state index in [2.05, 4.69) is 31.2 Å². The van der Waals surface area contributed by atoms with Crippen molar-refractivity contribution in [3.8, 4) is 0 Å². The quantitative estimate of drug-likeness (QED) is 0.897. The zero-order valence-electron chi connectivity index (χ0n) is 11.2. The van der Waals surface area contributed by atoms with Crippen LogP contribution >= 0.6 is 15.9 Å². The van der Waals surface area contributed by atoms with E-state index >= 15 is 0 Å². The summed E-state index contributed by atoms with van der Waals surface area (Å²) in [7, 11) is 0. The number of rotatable bonds is 4. The molecule has 0 bridgehead atoms. The second-order valence-electron chi connectivity index (χ2n) is 4.39. The highest BCUT2D eigenvalue weighted by molar-refractivity contribution is 9.10. The van der Waals surface area contributed by atoms with Crippen molar-refractivity contribution in [1.29, 1.82) is 0 Å². The van der Waals surface area contributed by atoms with Gasteiger partial charge in [0.1, 0.15) is 0 Å². The number of pyridine rings is 2. The Labute approximate surface area is 128 Å². The first-order valence-corrected chi connectivity index (χ1v) is 7.07. The lowest BCUT2D eigenvalue weighted by Crippen LogP contribution is -2.25. The molecule has 0 saturated carbocycles. The van der Waals surface area contributed by atoms with Crippen molar-refractivity contribution in [3.63, 3.8) is 0 Å². The largest absolute Gasteiger partial charge is 0.416 e. The standard InChI is InChI=1S/C14H13BrF3N3/c1-2-21-13(9-5-10(15)7-20-6-9)11-8-19-4-3-12(11)14(16,17)18/h3-8,13,21H,2H2,1H3.